The first-order valence-corrected chi connectivity index (χ1v) is 5.09. The van der Waals surface area contributed by atoms with Gasteiger partial charge in [0.2, 0.25) is 0 Å². The van der Waals surface area contributed by atoms with Crippen LogP contribution in [0.5, 0.6) is 0 Å². The Balaban J connectivity index is 1.83. The molecule has 2 nitrogen and oxygen atoms in total. The van der Waals surface area contributed by atoms with Crippen molar-refractivity contribution in [3.8, 4) is 0 Å². The molecule has 0 saturated heterocycles. The highest BCUT2D eigenvalue weighted by atomic mass is 16.3. The van der Waals surface area contributed by atoms with Gasteiger partial charge in [0.1, 0.15) is 0 Å². The molecule has 2 fully saturated rings. The van der Waals surface area contributed by atoms with E-state index < -0.39 is 0 Å². The summed E-state index contributed by atoms with van der Waals surface area (Å²) in [5.74, 6) is 0. The number of aliphatic hydroxyl groups excluding tert-OH is 1. The van der Waals surface area contributed by atoms with E-state index >= 15 is 0 Å². The number of aliphatic hydroxyl groups is 1. The van der Waals surface area contributed by atoms with Crippen molar-refractivity contribution in [2.24, 2.45) is 5.41 Å². The zero-order valence-corrected chi connectivity index (χ0v) is 7.84. The molecule has 0 aromatic rings. The van der Waals surface area contributed by atoms with Crippen LogP contribution in [0.1, 0.15) is 38.5 Å². The average molecular weight is 169 g/mol. The molecule has 0 aliphatic heterocycles. The van der Waals surface area contributed by atoms with Gasteiger partial charge in [-0.15, -0.1) is 0 Å². The Bertz CT molecular complexity index is 153. The Morgan fingerprint density at radius 2 is 1.83 bits per heavy atom. The maximum Gasteiger partial charge on any atom is 0.0550 e. The SMILES string of the molecule is CNC1CCC2(CC1)CC(O)C2. The summed E-state index contributed by atoms with van der Waals surface area (Å²) in [6.45, 7) is 0. The second kappa shape index (κ2) is 3.00. The van der Waals surface area contributed by atoms with E-state index in [1.54, 1.807) is 0 Å². The summed E-state index contributed by atoms with van der Waals surface area (Å²) in [4.78, 5) is 0. The average Bonchev–Trinajstić information content (AvgIpc) is 2.04. The molecule has 0 unspecified atom stereocenters. The fourth-order valence-electron chi connectivity index (χ4n) is 2.87. The molecule has 0 amide bonds. The highest BCUT2D eigenvalue weighted by Gasteiger charge is 2.44. The second-order valence-electron chi connectivity index (χ2n) is 4.63. The predicted octanol–water partition coefficient (Wildman–Crippen LogP) is 1.29. The van der Waals surface area contributed by atoms with Gasteiger partial charge < -0.3 is 10.4 Å². The lowest BCUT2D eigenvalue weighted by Gasteiger charge is -2.49. The van der Waals surface area contributed by atoms with Crippen LogP contribution in [-0.2, 0) is 0 Å². The van der Waals surface area contributed by atoms with Gasteiger partial charge >= 0.3 is 0 Å². The van der Waals surface area contributed by atoms with Gasteiger partial charge in [0.15, 0.2) is 0 Å². The van der Waals surface area contributed by atoms with Crippen LogP contribution in [0.4, 0.5) is 0 Å². The molecule has 0 bridgehead atoms. The van der Waals surface area contributed by atoms with E-state index in [4.69, 9.17) is 0 Å². The minimum Gasteiger partial charge on any atom is -0.393 e. The van der Waals surface area contributed by atoms with E-state index in [0.29, 0.717) is 5.41 Å². The lowest BCUT2D eigenvalue weighted by Crippen LogP contribution is -2.46. The van der Waals surface area contributed by atoms with E-state index in [0.717, 1.165) is 18.9 Å². The molecule has 2 N–H and O–H groups in total. The first kappa shape index (κ1) is 8.52. The molecule has 0 aromatic carbocycles. The van der Waals surface area contributed by atoms with Crippen LogP contribution in [0.25, 0.3) is 0 Å². The van der Waals surface area contributed by atoms with Crippen LogP contribution in [0.2, 0.25) is 0 Å². The van der Waals surface area contributed by atoms with E-state index in [1.165, 1.54) is 25.7 Å². The van der Waals surface area contributed by atoms with Crippen molar-refractivity contribution in [3.05, 3.63) is 0 Å². The Morgan fingerprint density at radius 3 is 2.25 bits per heavy atom. The van der Waals surface area contributed by atoms with Crippen molar-refractivity contribution < 1.29 is 5.11 Å². The Kier molecular flexibility index (Phi) is 2.13. The molecule has 2 saturated carbocycles. The Hall–Kier alpha value is -0.0800. The van der Waals surface area contributed by atoms with Crippen molar-refractivity contribution in [1.29, 1.82) is 0 Å². The molecule has 0 atom stereocenters. The summed E-state index contributed by atoms with van der Waals surface area (Å²) >= 11 is 0. The van der Waals surface area contributed by atoms with Crippen molar-refractivity contribution in [1.82, 2.24) is 5.32 Å². The van der Waals surface area contributed by atoms with Gasteiger partial charge in [-0.2, -0.15) is 0 Å². The van der Waals surface area contributed by atoms with Crippen molar-refractivity contribution >= 4 is 0 Å². The second-order valence-corrected chi connectivity index (χ2v) is 4.63. The maximum absolute atomic E-state index is 9.27. The maximum atomic E-state index is 9.27. The van der Waals surface area contributed by atoms with Crippen LogP contribution in [0, 0.1) is 5.41 Å². The third-order valence-electron chi connectivity index (χ3n) is 3.79. The zero-order valence-electron chi connectivity index (χ0n) is 7.84. The lowest BCUT2D eigenvalue weighted by atomic mass is 9.59. The zero-order chi connectivity index (χ0) is 8.60. The standard InChI is InChI=1S/C10H19NO/c1-11-8-2-4-10(5-3-8)6-9(12)7-10/h8-9,11-12H,2-7H2,1H3. The summed E-state index contributed by atoms with van der Waals surface area (Å²) in [6, 6.07) is 0.744. The summed E-state index contributed by atoms with van der Waals surface area (Å²) in [5, 5.41) is 12.6. The smallest absolute Gasteiger partial charge is 0.0550 e. The van der Waals surface area contributed by atoms with Gasteiger partial charge in [-0.1, -0.05) is 0 Å². The number of nitrogens with one attached hydrogen (secondary N) is 1. The number of hydrogen-bond donors (Lipinski definition) is 2. The molecule has 0 aromatic heterocycles. The lowest BCUT2D eigenvalue weighted by molar-refractivity contribution is -0.0578. The van der Waals surface area contributed by atoms with Crippen molar-refractivity contribution in [3.63, 3.8) is 0 Å². The summed E-state index contributed by atoms with van der Waals surface area (Å²) in [5.41, 5.74) is 0.562. The number of rotatable bonds is 1. The summed E-state index contributed by atoms with van der Waals surface area (Å²) < 4.78 is 0. The van der Waals surface area contributed by atoms with Crippen LogP contribution >= 0.6 is 0 Å². The van der Waals surface area contributed by atoms with Gasteiger partial charge in [-0.3, -0.25) is 0 Å². The van der Waals surface area contributed by atoms with E-state index in [-0.39, 0.29) is 6.10 Å². The van der Waals surface area contributed by atoms with E-state index in [2.05, 4.69) is 12.4 Å². The largest absolute Gasteiger partial charge is 0.393 e. The van der Waals surface area contributed by atoms with Gasteiger partial charge in [0, 0.05) is 6.04 Å². The molecular weight excluding hydrogens is 150 g/mol. The van der Waals surface area contributed by atoms with E-state index in [1.807, 2.05) is 0 Å². The molecule has 2 rings (SSSR count). The fourth-order valence-corrected chi connectivity index (χ4v) is 2.87. The third kappa shape index (κ3) is 1.38. The molecule has 12 heavy (non-hydrogen) atoms. The fraction of sp³-hybridized carbons (Fsp3) is 1.00. The molecule has 2 aliphatic carbocycles. The highest BCUT2D eigenvalue weighted by molar-refractivity contribution is 4.97. The van der Waals surface area contributed by atoms with Crippen LogP contribution in [0.15, 0.2) is 0 Å². The third-order valence-corrected chi connectivity index (χ3v) is 3.79. The molecule has 2 aliphatic rings. The minimum atomic E-state index is 0.0242. The van der Waals surface area contributed by atoms with Gasteiger partial charge in [0.05, 0.1) is 6.10 Å². The van der Waals surface area contributed by atoms with Crippen LogP contribution < -0.4 is 5.32 Å². The summed E-state index contributed by atoms with van der Waals surface area (Å²) in [6.07, 6.45) is 7.45. The van der Waals surface area contributed by atoms with Gasteiger partial charge in [-0.05, 0) is 51.0 Å². The molecule has 0 radical (unpaired) electrons. The molecule has 1 spiro atoms. The van der Waals surface area contributed by atoms with Crippen LogP contribution in [-0.4, -0.2) is 24.3 Å². The molecule has 2 heteroatoms. The Morgan fingerprint density at radius 1 is 1.25 bits per heavy atom. The Labute approximate surface area is 74.4 Å². The minimum absolute atomic E-state index is 0.0242. The monoisotopic (exact) mass is 169 g/mol. The quantitative estimate of drug-likeness (QED) is 0.620. The van der Waals surface area contributed by atoms with Crippen molar-refractivity contribution in [2.45, 2.75) is 50.7 Å². The normalized spacial score (nSPS) is 47.5. The van der Waals surface area contributed by atoms with Gasteiger partial charge in [-0.25, -0.2) is 0 Å². The molecular formula is C10H19NO. The van der Waals surface area contributed by atoms with Gasteiger partial charge in [0.25, 0.3) is 0 Å². The first-order valence-electron chi connectivity index (χ1n) is 5.09. The first-order chi connectivity index (χ1) is 5.74. The topological polar surface area (TPSA) is 32.3 Å². The van der Waals surface area contributed by atoms with Crippen molar-refractivity contribution in [2.75, 3.05) is 7.05 Å². The number of hydrogen-bond acceptors (Lipinski definition) is 2. The highest BCUT2D eigenvalue weighted by Crippen LogP contribution is 2.51. The molecule has 70 valence electrons. The van der Waals surface area contributed by atoms with E-state index in [9.17, 15) is 5.11 Å². The molecule has 0 heterocycles. The van der Waals surface area contributed by atoms with Crippen LogP contribution in [0.3, 0.4) is 0 Å². The predicted molar refractivity (Wildman–Crippen MR) is 49.0 cm³/mol. The summed E-state index contributed by atoms with van der Waals surface area (Å²) in [7, 11) is 2.05.